The second-order valence-electron chi connectivity index (χ2n) is 5.37. The van der Waals surface area contributed by atoms with E-state index in [1.807, 2.05) is 38.4 Å². The fraction of sp³-hybridized carbons (Fsp3) is 0.375. The molecule has 3 N–H and O–H groups in total. The fourth-order valence-electron chi connectivity index (χ4n) is 2.25. The van der Waals surface area contributed by atoms with Gasteiger partial charge in [-0.15, -0.1) is 0 Å². The number of aromatic nitrogens is 1. The van der Waals surface area contributed by atoms with Crippen molar-refractivity contribution in [3.8, 4) is 0 Å². The summed E-state index contributed by atoms with van der Waals surface area (Å²) in [5, 5.41) is 4.61. The van der Waals surface area contributed by atoms with Gasteiger partial charge in [0, 0.05) is 18.1 Å². The first kappa shape index (κ1) is 15.3. The molecule has 0 aliphatic rings. The first-order valence-corrected chi connectivity index (χ1v) is 7.15. The summed E-state index contributed by atoms with van der Waals surface area (Å²) in [4.78, 5) is 18.5. The molecular weight excluding hydrogens is 264 g/mol. The molecule has 5 nitrogen and oxygen atoms in total. The van der Waals surface area contributed by atoms with Gasteiger partial charge in [0.25, 0.3) is 5.91 Å². The van der Waals surface area contributed by atoms with Gasteiger partial charge in [-0.3, -0.25) is 4.79 Å². The Morgan fingerprint density at radius 1 is 1.24 bits per heavy atom. The first-order chi connectivity index (χ1) is 10.1. The summed E-state index contributed by atoms with van der Waals surface area (Å²) in [5.41, 5.74) is 6.42. The number of anilines is 1. The van der Waals surface area contributed by atoms with Gasteiger partial charge >= 0.3 is 0 Å². The minimum Gasteiger partial charge on any atom is -0.383 e. The zero-order valence-corrected chi connectivity index (χ0v) is 12.6. The SMILES string of the molecule is CN(C)CCCCNC(=O)c1cnc(N)c2ccccc12. The molecule has 112 valence electrons. The number of hydrogen-bond donors (Lipinski definition) is 2. The summed E-state index contributed by atoms with van der Waals surface area (Å²) in [7, 11) is 4.09. The van der Waals surface area contributed by atoms with Crippen LogP contribution in [-0.4, -0.2) is 43.0 Å². The van der Waals surface area contributed by atoms with Crippen LogP contribution in [0.3, 0.4) is 0 Å². The lowest BCUT2D eigenvalue weighted by Crippen LogP contribution is -2.25. The summed E-state index contributed by atoms with van der Waals surface area (Å²) < 4.78 is 0. The Morgan fingerprint density at radius 2 is 1.95 bits per heavy atom. The zero-order valence-electron chi connectivity index (χ0n) is 12.6. The van der Waals surface area contributed by atoms with E-state index in [4.69, 9.17) is 5.73 Å². The maximum Gasteiger partial charge on any atom is 0.253 e. The van der Waals surface area contributed by atoms with Crippen LogP contribution in [0, 0.1) is 0 Å². The third-order valence-electron chi connectivity index (χ3n) is 3.39. The number of fused-ring (bicyclic) bond motifs is 1. The molecule has 1 aromatic carbocycles. The van der Waals surface area contributed by atoms with Gasteiger partial charge in [0.1, 0.15) is 5.82 Å². The molecule has 5 heteroatoms. The van der Waals surface area contributed by atoms with E-state index in [0.717, 1.165) is 30.2 Å². The van der Waals surface area contributed by atoms with Crippen molar-refractivity contribution in [2.45, 2.75) is 12.8 Å². The molecule has 0 aliphatic carbocycles. The third-order valence-corrected chi connectivity index (χ3v) is 3.39. The highest BCUT2D eigenvalue weighted by molar-refractivity contribution is 6.08. The topological polar surface area (TPSA) is 71.2 Å². The molecule has 21 heavy (non-hydrogen) atoms. The van der Waals surface area contributed by atoms with Crippen LogP contribution < -0.4 is 11.1 Å². The second-order valence-corrected chi connectivity index (χ2v) is 5.37. The molecule has 0 fully saturated rings. The summed E-state index contributed by atoms with van der Waals surface area (Å²) in [6.45, 7) is 1.70. The molecular formula is C16H22N4O. The van der Waals surface area contributed by atoms with Crippen molar-refractivity contribution < 1.29 is 4.79 Å². The van der Waals surface area contributed by atoms with Gasteiger partial charge in [0.05, 0.1) is 5.56 Å². The summed E-state index contributed by atoms with van der Waals surface area (Å²) in [5.74, 6) is 0.358. The van der Waals surface area contributed by atoms with Crippen LogP contribution in [-0.2, 0) is 0 Å². The molecule has 0 saturated heterocycles. The van der Waals surface area contributed by atoms with Crippen molar-refractivity contribution in [1.29, 1.82) is 0 Å². The van der Waals surface area contributed by atoms with Crippen molar-refractivity contribution in [3.05, 3.63) is 36.0 Å². The van der Waals surface area contributed by atoms with Gasteiger partial charge in [-0.1, -0.05) is 24.3 Å². The number of nitrogens with zero attached hydrogens (tertiary/aromatic N) is 2. The zero-order chi connectivity index (χ0) is 15.2. The number of benzene rings is 1. The number of carbonyl (C=O) groups excluding carboxylic acids is 1. The van der Waals surface area contributed by atoms with Crippen LogP contribution in [0.2, 0.25) is 0 Å². The van der Waals surface area contributed by atoms with E-state index in [-0.39, 0.29) is 5.91 Å². The number of pyridine rings is 1. The quantitative estimate of drug-likeness (QED) is 0.796. The highest BCUT2D eigenvalue weighted by Gasteiger charge is 2.11. The minimum absolute atomic E-state index is 0.0939. The molecule has 0 bridgehead atoms. The molecule has 0 spiro atoms. The monoisotopic (exact) mass is 286 g/mol. The van der Waals surface area contributed by atoms with Gasteiger partial charge < -0.3 is 16.0 Å². The van der Waals surface area contributed by atoms with Crippen LogP contribution in [0.25, 0.3) is 10.8 Å². The molecule has 1 amide bonds. The molecule has 2 rings (SSSR count). The Bertz CT molecular complexity index is 625. The molecule has 1 heterocycles. The molecule has 1 aromatic heterocycles. The van der Waals surface area contributed by atoms with Gasteiger partial charge in [0.15, 0.2) is 0 Å². The normalized spacial score (nSPS) is 11.0. The number of nitrogens with two attached hydrogens (primary N) is 1. The number of nitrogen functional groups attached to an aromatic ring is 1. The lowest BCUT2D eigenvalue weighted by molar-refractivity contribution is 0.0954. The number of nitrogens with one attached hydrogen (secondary N) is 1. The second kappa shape index (κ2) is 7.04. The van der Waals surface area contributed by atoms with E-state index in [9.17, 15) is 4.79 Å². The average Bonchev–Trinajstić information content (AvgIpc) is 2.47. The summed E-state index contributed by atoms with van der Waals surface area (Å²) in [6, 6.07) is 7.57. The van der Waals surface area contributed by atoms with Crippen molar-refractivity contribution in [1.82, 2.24) is 15.2 Å². The van der Waals surface area contributed by atoms with Crippen molar-refractivity contribution in [2.24, 2.45) is 0 Å². The molecule has 2 aromatic rings. The molecule has 0 radical (unpaired) electrons. The molecule has 0 aliphatic heterocycles. The molecule has 0 atom stereocenters. The standard InChI is InChI=1S/C16H22N4O/c1-20(2)10-6-5-9-18-16(21)14-11-19-15(17)13-8-4-3-7-12(13)14/h3-4,7-8,11H,5-6,9-10H2,1-2H3,(H2,17,19)(H,18,21). The number of carbonyl (C=O) groups is 1. The van der Waals surface area contributed by atoms with Crippen LogP contribution in [0.15, 0.2) is 30.5 Å². The van der Waals surface area contributed by atoms with Crippen LogP contribution in [0.1, 0.15) is 23.2 Å². The van der Waals surface area contributed by atoms with Crippen LogP contribution in [0.5, 0.6) is 0 Å². The van der Waals surface area contributed by atoms with Crippen LogP contribution in [0.4, 0.5) is 5.82 Å². The van der Waals surface area contributed by atoms with Gasteiger partial charge in [-0.25, -0.2) is 4.98 Å². The van der Waals surface area contributed by atoms with Crippen molar-refractivity contribution in [3.63, 3.8) is 0 Å². The van der Waals surface area contributed by atoms with Gasteiger partial charge in [-0.2, -0.15) is 0 Å². The van der Waals surface area contributed by atoms with Crippen molar-refractivity contribution >= 4 is 22.5 Å². The Hall–Kier alpha value is -2.14. The Kier molecular flexibility index (Phi) is 5.11. The van der Waals surface area contributed by atoms with E-state index in [1.54, 1.807) is 6.20 Å². The predicted octanol–water partition coefficient (Wildman–Crippen LogP) is 1.89. The highest BCUT2D eigenvalue weighted by Crippen LogP contribution is 2.22. The van der Waals surface area contributed by atoms with E-state index >= 15 is 0 Å². The minimum atomic E-state index is -0.0939. The van der Waals surface area contributed by atoms with E-state index in [1.165, 1.54) is 0 Å². The number of rotatable bonds is 6. The maximum atomic E-state index is 12.3. The van der Waals surface area contributed by atoms with Crippen LogP contribution >= 0.6 is 0 Å². The van der Waals surface area contributed by atoms with E-state index in [2.05, 4.69) is 15.2 Å². The van der Waals surface area contributed by atoms with Crippen molar-refractivity contribution in [2.75, 3.05) is 32.9 Å². The number of amides is 1. The highest BCUT2D eigenvalue weighted by atomic mass is 16.1. The maximum absolute atomic E-state index is 12.3. The lowest BCUT2D eigenvalue weighted by Gasteiger charge is -2.10. The Balaban J connectivity index is 2.02. The largest absolute Gasteiger partial charge is 0.383 e. The third kappa shape index (κ3) is 3.92. The van der Waals surface area contributed by atoms with Gasteiger partial charge in [-0.05, 0) is 38.9 Å². The Morgan fingerprint density at radius 3 is 2.67 bits per heavy atom. The first-order valence-electron chi connectivity index (χ1n) is 7.15. The molecule has 0 unspecified atom stereocenters. The summed E-state index contributed by atoms with van der Waals surface area (Å²) in [6.07, 6.45) is 3.57. The predicted molar refractivity (Wildman–Crippen MR) is 86.3 cm³/mol. The fourth-order valence-corrected chi connectivity index (χ4v) is 2.25. The average molecular weight is 286 g/mol. The number of unbranched alkanes of at least 4 members (excludes halogenated alkanes) is 1. The van der Waals surface area contributed by atoms with E-state index < -0.39 is 0 Å². The van der Waals surface area contributed by atoms with E-state index in [0.29, 0.717) is 17.9 Å². The Labute approximate surface area is 125 Å². The summed E-state index contributed by atoms with van der Waals surface area (Å²) >= 11 is 0. The smallest absolute Gasteiger partial charge is 0.253 e. The van der Waals surface area contributed by atoms with Gasteiger partial charge in [0.2, 0.25) is 0 Å². The lowest BCUT2D eigenvalue weighted by atomic mass is 10.1. The number of hydrogen-bond acceptors (Lipinski definition) is 4. The molecule has 0 saturated carbocycles.